The molecular weight excluding hydrogens is 378 g/mol. The number of aryl methyl sites for hydroxylation is 1. The van der Waals surface area contributed by atoms with Gasteiger partial charge in [-0.05, 0) is 42.9 Å². The lowest BCUT2D eigenvalue weighted by Crippen LogP contribution is -2.21. The molecule has 2 aromatic heterocycles. The standard InChI is InChI=1S/C19H21N5O3S/c1-3-8-16-21-23(19(28)24(16)22-11-6-7-12-22)13-17(25)20-15-10-5-4-9-14(15)18(26)27-2/h4-7,9-12H,3,8,13H2,1-2H3,(H,20,25). The third-order valence-electron chi connectivity index (χ3n) is 4.08. The van der Waals surface area contributed by atoms with Crippen LogP contribution in [0.15, 0.2) is 48.8 Å². The number of hydrogen-bond acceptors (Lipinski definition) is 5. The number of ether oxygens (including phenoxy) is 1. The van der Waals surface area contributed by atoms with Gasteiger partial charge in [0, 0.05) is 18.8 Å². The molecule has 146 valence electrons. The molecule has 0 bridgehead atoms. The van der Waals surface area contributed by atoms with E-state index in [1.165, 1.54) is 11.8 Å². The molecule has 3 rings (SSSR count). The average molecular weight is 399 g/mol. The average Bonchev–Trinajstić information content (AvgIpc) is 3.30. The van der Waals surface area contributed by atoms with Crippen molar-refractivity contribution in [1.82, 2.24) is 19.1 Å². The van der Waals surface area contributed by atoms with E-state index >= 15 is 0 Å². The Hall–Kier alpha value is -3.20. The second kappa shape index (κ2) is 8.66. The van der Waals surface area contributed by atoms with Gasteiger partial charge in [0.25, 0.3) is 0 Å². The molecule has 9 heteroatoms. The summed E-state index contributed by atoms with van der Waals surface area (Å²) in [6.45, 7) is 1.98. The summed E-state index contributed by atoms with van der Waals surface area (Å²) in [7, 11) is 1.30. The Bertz CT molecular complexity index is 1040. The summed E-state index contributed by atoms with van der Waals surface area (Å²) < 4.78 is 10.3. The van der Waals surface area contributed by atoms with Gasteiger partial charge in [0.15, 0.2) is 5.82 Å². The fourth-order valence-electron chi connectivity index (χ4n) is 2.82. The molecule has 0 radical (unpaired) electrons. The van der Waals surface area contributed by atoms with Crippen LogP contribution in [0.25, 0.3) is 0 Å². The number of aromatic nitrogens is 4. The predicted octanol–water partition coefficient (Wildman–Crippen LogP) is 2.90. The number of nitrogens with zero attached hydrogens (tertiary/aromatic N) is 4. The molecule has 0 saturated heterocycles. The smallest absolute Gasteiger partial charge is 0.339 e. The maximum absolute atomic E-state index is 12.6. The van der Waals surface area contributed by atoms with Crippen LogP contribution in [-0.4, -0.2) is 38.1 Å². The highest BCUT2D eigenvalue weighted by Gasteiger charge is 2.16. The van der Waals surface area contributed by atoms with Crippen molar-refractivity contribution in [2.24, 2.45) is 0 Å². The highest BCUT2D eigenvalue weighted by atomic mass is 32.1. The number of methoxy groups -OCH3 is 1. The molecule has 1 aromatic carbocycles. The second-order valence-corrected chi connectivity index (χ2v) is 6.43. The van der Waals surface area contributed by atoms with Gasteiger partial charge in [0.1, 0.15) is 6.54 Å². The van der Waals surface area contributed by atoms with E-state index in [9.17, 15) is 9.59 Å². The van der Waals surface area contributed by atoms with Crippen molar-refractivity contribution in [2.75, 3.05) is 12.4 Å². The molecule has 0 saturated carbocycles. The maximum atomic E-state index is 12.6. The van der Waals surface area contributed by atoms with Crippen molar-refractivity contribution in [1.29, 1.82) is 0 Å². The molecule has 1 N–H and O–H groups in total. The molecule has 0 spiro atoms. The van der Waals surface area contributed by atoms with E-state index < -0.39 is 5.97 Å². The lowest BCUT2D eigenvalue weighted by atomic mass is 10.2. The molecule has 2 heterocycles. The zero-order valence-corrected chi connectivity index (χ0v) is 16.5. The molecule has 3 aromatic rings. The molecule has 0 unspecified atom stereocenters. The Morgan fingerprint density at radius 2 is 1.89 bits per heavy atom. The first kappa shape index (κ1) is 19.6. The Labute approximate surface area is 167 Å². The monoisotopic (exact) mass is 399 g/mol. The van der Waals surface area contributed by atoms with Gasteiger partial charge in [0.2, 0.25) is 10.7 Å². The molecule has 0 fully saturated rings. The van der Waals surface area contributed by atoms with Crippen molar-refractivity contribution in [3.05, 3.63) is 65.0 Å². The first-order valence-corrected chi connectivity index (χ1v) is 9.25. The third kappa shape index (κ3) is 4.04. The van der Waals surface area contributed by atoms with Crippen LogP contribution in [0.4, 0.5) is 5.69 Å². The lowest BCUT2D eigenvalue weighted by molar-refractivity contribution is -0.116. The minimum Gasteiger partial charge on any atom is -0.465 e. The molecule has 0 aliphatic carbocycles. The van der Waals surface area contributed by atoms with Crippen LogP contribution in [-0.2, 0) is 22.5 Å². The van der Waals surface area contributed by atoms with E-state index in [1.54, 1.807) is 28.9 Å². The number of hydrogen-bond donors (Lipinski definition) is 1. The number of carbonyl (C=O) groups is 2. The van der Waals surface area contributed by atoms with E-state index in [2.05, 4.69) is 17.3 Å². The van der Waals surface area contributed by atoms with Gasteiger partial charge in [-0.15, -0.1) is 0 Å². The number of rotatable bonds is 7. The van der Waals surface area contributed by atoms with E-state index in [1.807, 2.05) is 29.2 Å². The van der Waals surface area contributed by atoms with Gasteiger partial charge in [-0.1, -0.05) is 19.1 Å². The number of nitrogens with one attached hydrogen (secondary N) is 1. The minimum atomic E-state index is -0.519. The van der Waals surface area contributed by atoms with Crippen LogP contribution < -0.4 is 5.32 Å². The molecule has 8 nitrogen and oxygen atoms in total. The van der Waals surface area contributed by atoms with Crippen LogP contribution in [0.3, 0.4) is 0 Å². The molecule has 0 aliphatic rings. The number of para-hydroxylation sites is 1. The van der Waals surface area contributed by atoms with Gasteiger partial charge in [-0.3, -0.25) is 9.47 Å². The van der Waals surface area contributed by atoms with Crippen LogP contribution in [0.2, 0.25) is 0 Å². The zero-order chi connectivity index (χ0) is 20.1. The van der Waals surface area contributed by atoms with Crippen LogP contribution in [0.1, 0.15) is 29.5 Å². The molecule has 1 amide bonds. The number of anilines is 1. The summed E-state index contributed by atoms with van der Waals surface area (Å²) in [5.74, 6) is -0.0891. The summed E-state index contributed by atoms with van der Waals surface area (Å²) in [6.07, 6.45) is 5.36. The highest BCUT2D eigenvalue weighted by molar-refractivity contribution is 7.71. The summed E-state index contributed by atoms with van der Waals surface area (Å²) >= 11 is 5.53. The van der Waals surface area contributed by atoms with Gasteiger partial charge >= 0.3 is 5.97 Å². The summed E-state index contributed by atoms with van der Waals surface area (Å²) in [4.78, 5) is 24.4. The van der Waals surface area contributed by atoms with Crippen molar-refractivity contribution in [2.45, 2.75) is 26.3 Å². The largest absolute Gasteiger partial charge is 0.465 e. The van der Waals surface area contributed by atoms with E-state index in [-0.39, 0.29) is 18.0 Å². The Balaban J connectivity index is 1.85. The predicted molar refractivity (Wildman–Crippen MR) is 107 cm³/mol. The fourth-order valence-corrected chi connectivity index (χ4v) is 3.13. The molecule has 28 heavy (non-hydrogen) atoms. The molecule has 0 aliphatic heterocycles. The van der Waals surface area contributed by atoms with Crippen molar-refractivity contribution < 1.29 is 14.3 Å². The quantitative estimate of drug-likeness (QED) is 0.488. The summed E-state index contributed by atoms with van der Waals surface area (Å²) in [5.41, 5.74) is 0.663. The Morgan fingerprint density at radius 1 is 1.18 bits per heavy atom. The Kier molecular flexibility index (Phi) is 6.05. The van der Waals surface area contributed by atoms with Gasteiger partial charge < -0.3 is 10.1 Å². The maximum Gasteiger partial charge on any atom is 0.339 e. The first-order valence-electron chi connectivity index (χ1n) is 8.84. The minimum absolute atomic E-state index is 0.0701. The van der Waals surface area contributed by atoms with Gasteiger partial charge in [-0.2, -0.15) is 5.10 Å². The highest BCUT2D eigenvalue weighted by Crippen LogP contribution is 2.16. The number of esters is 1. The van der Waals surface area contributed by atoms with E-state index in [0.29, 0.717) is 10.5 Å². The molecular formula is C19H21N5O3S. The van der Waals surface area contributed by atoms with Crippen molar-refractivity contribution in [3.63, 3.8) is 0 Å². The topological polar surface area (TPSA) is 83.1 Å². The third-order valence-corrected chi connectivity index (χ3v) is 4.46. The van der Waals surface area contributed by atoms with Crippen LogP contribution in [0.5, 0.6) is 0 Å². The van der Waals surface area contributed by atoms with Crippen LogP contribution in [0, 0.1) is 4.77 Å². The van der Waals surface area contributed by atoms with E-state index in [0.717, 1.165) is 18.7 Å². The second-order valence-electron chi connectivity index (χ2n) is 6.07. The van der Waals surface area contributed by atoms with Gasteiger partial charge in [-0.25, -0.2) is 14.2 Å². The normalized spacial score (nSPS) is 10.6. The zero-order valence-electron chi connectivity index (χ0n) is 15.7. The van der Waals surface area contributed by atoms with Crippen molar-refractivity contribution in [3.8, 4) is 0 Å². The van der Waals surface area contributed by atoms with E-state index in [4.69, 9.17) is 17.0 Å². The SMILES string of the molecule is CCCc1nn(CC(=O)Nc2ccccc2C(=O)OC)c(=S)n1-n1cccc1. The Morgan fingerprint density at radius 3 is 2.57 bits per heavy atom. The number of amides is 1. The molecule has 0 atom stereocenters. The number of carbonyl (C=O) groups excluding carboxylic acids is 2. The summed E-state index contributed by atoms with van der Waals surface area (Å²) in [6, 6.07) is 10.5. The fraction of sp³-hybridized carbons (Fsp3) is 0.263. The summed E-state index contributed by atoms with van der Waals surface area (Å²) in [5, 5.41) is 7.25. The van der Waals surface area contributed by atoms with Crippen molar-refractivity contribution >= 4 is 29.8 Å². The van der Waals surface area contributed by atoms with Gasteiger partial charge in [0.05, 0.1) is 18.4 Å². The van der Waals surface area contributed by atoms with Crippen LogP contribution >= 0.6 is 12.2 Å². The lowest BCUT2D eigenvalue weighted by Gasteiger charge is -2.09. The number of benzene rings is 1. The first-order chi connectivity index (χ1) is 13.5.